The standard InChI is InChI=1S/C22H33N/c1-21(2,3)23(15-17-7-5-4-6-8-17)16-22-12-18-9-19(13-22)11-20(10-18)14-22/h4-8,18-20H,9-16H2,1-3H3. The van der Waals surface area contributed by atoms with Gasteiger partial charge in [0, 0.05) is 18.6 Å². The van der Waals surface area contributed by atoms with Crippen molar-refractivity contribution in [2.24, 2.45) is 23.2 Å². The van der Waals surface area contributed by atoms with E-state index in [0.29, 0.717) is 5.41 Å². The molecule has 1 aromatic carbocycles. The lowest BCUT2D eigenvalue weighted by Gasteiger charge is -2.59. The van der Waals surface area contributed by atoms with Gasteiger partial charge in [-0.05, 0) is 88.0 Å². The maximum Gasteiger partial charge on any atom is 0.0239 e. The highest BCUT2D eigenvalue weighted by molar-refractivity contribution is 5.15. The van der Waals surface area contributed by atoms with Gasteiger partial charge in [-0.15, -0.1) is 0 Å². The molecule has 1 nitrogen and oxygen atoms in total. The van der Waals surface area contributed by atoms with E-state index in [1.807, 2.05) is 0 Å². The third kappa shape index (κ3) is 3.22. The summed E-state index contributed by atoms with van der Waals surface area (Å²) < 4.78 is 0. The second-order valence-electron chi connectivity index (χ2n) is 9.93. The Balaban J connectivity index is 1.54. The minimum atomic E-state index is 0.249. The van der Waals surface area contributed by atoms with Crippen LogP contribution in [0, 0.1) is 23.2 Å². The van der Waals surface area contributed by atoms with Gasteiger partial charge in [0.2, 0.25) is 0 Å². The second kappa shape index (κ2) is 5.62. The van der Waals surface area contributed by atoms with E-state index in [2.05, 4.69) is 56.0 Å². The van der Waals surface area contributed by atoms with E-state index in [9.17, 15) is 0 Å². The van der Waals surface area contributed by atoms with Crippen molar-refractivity contribution >= 4 is 0 Å². The van der Waals surface area contributed by atoms with Crippen LogP contribution in [-0.2, 0) is 6.54 Å². The molecule has 5 rings (SSSR count). The molecule has 4 bridgehead atoms. The lowest BCUT2D eigenvalue weighted by molar-refractivity contribution is -0.0824. The molecule has 0 heterocycles. The van der Waals surface area contributed by atoms with Gasteiger partial charge < -0.3 is 0 Å². The minimum absolute atomic E-state index is 0.249. The summed E-state index contributed by atoms with van der Waals surface area (Å²) in [5.41, 5.74) is 2.35. The van der Waals surface area contributed by atoms with Crippen molar-refractivity contribution in [3.05, 3.63) is 35.9 Å². The average Bonchev–Trinajstić information content (AvgIpc) is 2.45. The Bertz CT molecular complexity index is 504. The van der Waals surface area contributed by atoms with E-state index in [1.54, 1.807) is 19.3 Å². The summed E-state index contributed by atoms with van der Waals surface area (Å²) in [4.78, 5) is 2.77. The molecule has 0 atom stereocenters. The summed E-state index contributed by atoms with van der Waals surface area (Å²) in [7, 11) is 0. The summed E-state index contributed by atoms with van der Waals surface area (Å²) in [6.45, 7) is 9.62. The predicted octanol–water partition coefficient (Wildman–Crippen LogP) is 5.50. The largest absolute Gasteiger partial charge is 0.294 e. The van der Waals surface area contributed by atoms with Crippen LogP contribution >= 0.6 is 0 Å². The first-order valence-electron chi connectivity index (χ1n) is 9.71. The Morgan fingerprint density at radius 3 is 1.91 bits per heavy atom. The number of benzene rings is 1. The summed E-state index contributed by atoms with van der Waals surface area (Å²) in [6, 6.07) is 11.1. The van der Waals surface area contributed by atoms with Gasteiger partial charge in [0.1, 0.15) is 0 Å². The van der Waals surface area contributed by atoms with E-state index in [0.717, 1.165) is 24.3 Å². The average molecular weight is 312 g/mol. The summed E-state index contributed by atoms with van der Waals surface area (Å²) in [6.07, 6.45) is 9.19. The van der Waals surface area contributed by atoms with Crippen LogP contribution in [0.4, 0.5) is 0 Å². The molecule has 0 N–H and O–H groups in total. The van der Waals surface area contributed by atoms with Crippen LogP contribution in [0.25, 0.3) is 0 Å². The molecular weight excluding hydrogens is 278 g/mol. The van der Waals surface area contributed by atoms with Crippen LogP contribution in [0.3, 0.4) is 0 Å². The number of hydrogen-bond donors (Lipinski definition) is 0. The highest BCUT2D eigenvalue weighted by atomic mass is 15.2. The van der Waals surface area contributed by atoms with Crippen molar-refractivity contribution in [1.82, 2.24) is 4.90 Å². The molecule has 4 aliphatic carbocycles. The van der Waals surface area contributed by atoms with Crippen LogP contribution in [0.2, 0.25) is 0 Å². The fourth-order valence-electron chi connectivity index (χ4n) is 6.22. The Hall–Kier alpha value is -0.820. The zero-order valence-corrected chi connectivity index (χ0v) is 15.2. The third-order valence-electron chi connectivity index (χ3n) is 6.86. The molecule has 4 fully saturated rings. The highest BCUT2D eigenvalue weighted by Gasteiger charge is 2.51. The first-order chi connectivity index (χ1) is 10.9. The smallest absolute Gasteiger partial charge is 0.0239 e. The fourth-order valence-corrected chi connectivity index (χ4v) is 6.22. The van der Waals surface area contributed by atoms with Crippen LogP contribution in [0.15, 0.2) is 30.3 Å². The van der Waals surface area contributed by atoms with Crippen LogP contribution in [-0.4, -0.2) is 17.0 Å². The molecule has 0 amide bonds. The summed E-state index contributed by atoms with van der Waals surface area (Å²) in [5.74, 6) is 3.17. The van der Waals surface area contributed by atoms with E-state index < -0.39 is 0 Å². The van der Waals surface area contributed by atoms with E-state index in [1.165, 1.54) is 31.4 Å². The van der Waals surface area contributed by atoms with Gasteiger partial charge in [0.15, 0.2) is 0 Å². The molecule has 1 heteroatoms. The van der Waals surface area contributed by atoms with Crippen LogP contribution < -0.4 is 0 Å². The zero-order chi connectivity index (χ0) is 16.1. The quantitative estimate of drug-likeness (QED) is 0.709. The van der Waals surface area contributed by atoms with Crippen LogP contribution in [0.5, 0.6) is 0 Å². The molecule has 23 heavy (non-hydrogen) atoms. The second-order valence-corrected chi connectivity index (χ2v) is 9.93. The van der Waals surface area contributed by atoms with Crippen molar-refractivity contribution in [2.45, 2.75) is 71.4 Å². The maximum absolute atomic E-state index is 2.77. The molecule has 4 saturated carbocycles. The molecule has 0 spiro atoms. The molecule has 0 aliphatic heterocycles. The Morgan fingerprint density at radius 1 is 0.913 bits per heavy atom. The molecule has 0 saturated heterocycles. The summed E-state index contributed by atoms with van der Waals surface area (Å²) in [5, 5.41) is 0. The lowest BCUT2D eigenvalue weighted by atomic mass is 9.49. The van der Waals surface area contributed by atoms with Crippen LogP contribution in [0.1, 0.15) is 64.9 Å². The SMILES string of the molecule is CC(C)(C)N(Cc1ccccc1)CC12CC3CC(CC(C3)C1)C2. The highest BCUT2D eigenvalue weighted by Crippen LogP contribution is 2.60. The monoisotopic (exact) mass is 311 g/mol. The van der Waals surface area contributed by atoms with Gasteiger partial charge in [-0.2, -0.15) is 0 Å². The number of nitrogens with zero attached hydrogens (tertiary/aromatic N) is 1. The van der Waals surface area contributed by atoms with Gasteiger partial charge in [0.25, 0.3) is 0 Å². The number of hydrogen-bond acceptors (Lipinski definition) is 1. The molecule has 0 unspecified atom stereocenters. The van der Waals surface area contributed by atoms with Crippen molar-refractivity contribution < 1.29 is 0 Å². The topological polar surface area (TPSA) is 3.24 Å². The van der Waals surface area contributed by atoms with Crippen molar-refractivity contribution in [3.8, 4) is 0 Å². The zero-order valence-electron chi connectivity index (χ0n) is 15.2. The molecule has 1 aromatic rings. The molecule has 126 valence electrons. The first kappa shape index (κ1) is 15.7. The normalized spacial score (nSPS) is 35.9. The third-order valence-corrected chi connectivity index (χ3v) is 6.86. The molecule has 0 aromatic heterocycles. The first-order valence-corrected chi connectivity index (χ1v) is 9.71. The van der Waals surface area contributed by atoms with Gasteiger partial charge >= 0.3 is 0 Å². The lowest BCUT2D eigenvalue weighted by Crippen LogP contribution is -2.54. The Morgan fingerprint density at radius 2 is 1.43 bits per heavy atom. The Labute approximate surface area is 142 Å². The minimum Gasteiger partial charge on any atom is -0.294 e. The van der Waals surface area contributed by atoms with Gasteiger partial charge in [0.05, 0.1) is 0 Å². The van der Waals surface area contributed by atoms with Crippen molar-refractivity contribution in [3.63, 3.8) is 0 Å². The molecular formula is C22H33N. The Kier molecular flexibility index (Phi) is 3.83. The van der Waals surface area contributed by atoms with Gasteiger partial charge in [-0.3, -0.25) is 4.90 Å². The van der Waals surface area contributed by atoms with E-state index in [-0.39, 0.29) is 5.54 Å². The van der Waals surface area contributed by atoms with Gasteiger partial charge in [-0.1, -0.05) is 30.3 Å². The predicted molar refractivity (Wildman–Crippen MR) is 97.2 cm³/mol. The van der Waals surface area contributed by atoms with Crippen molar-refractivity contribution in [1.29, 1.82) is 0 Å². The summed E-state index contributed by atoms with van der Waals surface area (Å²) >= 11 is 0. The van der Waals surface area contributed by atoms with E-state index >= 15 is 0 Å². The van der Waals surface area contributed by atoms with Crippen molar-refractivity contribution in [2.75, 3.05) is 6.54 Å². The molecule has 0 radical (unpaired) electrons. The maximum atomic E-state index is 2.77. The molecule has 4 aliphatic rings. The fraction of sp³-hybridized carbons (Fsp3) is 0.727. The van der Waals surface area contributed by atoms with E-state index in [4.69, 9.17) is 0 Å². The number of rotatable bonds is 4. The van der Waals surface area contributed by atoms with Gasteiger partial charge in [-0.25, -0.2) is 0 Å².